The van der Waals surface area contributed by atoms with E-state index in [9.17, 15) is 9.59 Å². The molecule has 0 fully saturated rings. The molecule has 4 aromatic carbocycles. The fourth-order valence-electron chi connectivity index (χ4n) is 4.29. The number of ether oxygens (including phenoxy) is 1. The molecule has 5 aromatic rings. The molecule has 0 spiro atoms. The number of para-hydroxylation sites is 2. The number of nitrogens with zero attached hydrogens (tertiary/aromatic N) is 2. The maximum absolute atomic E-state index is 12.9. The topological polar surface area (TPSA) is 72.7 Å². The number of hydrogen-bond acceptors (Lipinski definition) is 4. The minimum absolute atomic E-state index is 0.0203. The van der Waals surface area contributed by atoms with Gasteiger partial charge in [-0.15, -0.1) is 0 Å². The zero-order valence-corrected chi connectivity index (χ0v) is 18.7. The monoisotopic (exact) mass is 449 g/mol. The van der Waals surface area contributed by atoms with Gasteiger partial charge in [0, 0.05) is 16.3 Å². The van der Waals surface area contributed by atoms with Crippen molar-refractivity contribution in [3.8, 4) is 5.75 Å². The molecule has 0 saturated carbocycles. The second-order valence-electron chi connectivity index (χ2n) is 7.87. The maximum atomic E-state index is 12.9. The Morgan fingerprint density at radius 2 is 1.50 bits per heavy atom. The van der Waals surface area contributed by atoms with Gasteiger partial charge in [-0.1, -0.05) is 54.6 Å². The largest absolute Gasteiger partial charge is 0.493 e. The molecule has 1 N–H and O–H groups in total. The van der Waals surface area contributed by atoms with Gasteiger partial charge in [0.05, 0.1) is 23.9 Å². The summed E-state index contributed by atoms with van der Waals surface area (Å²) in [7, 11) is 0. The zero-order chi connectivity index (χ0) is 23.5. The van der Waals surface area contributed by atoms with E-state index in [0.717, 1.165) is 16.3 Å². The molecule has 1 heterocycles. The van der Waals surface area contributed by atoms with Crippen LogP contribution in [0, 0.1) is 0 Å². The van der Waals surface area contributed by atoms with Crippen molar-refractivity contribution in [2.75, 3.05) is 6.61 Å². The second kappa shape index (κ2) is 9.19. The lowest BCUT2D eigenvalue weighted by atomic mass is 10.0. The first kappa shape index (κ1) is 21.4. The first-order valence-corrected chi connectivity index (χ1v) is 11.1. The van der Waals surface area contributed by atoms with E-state index in [4.69, 9.17) is 4.74 Å². The first-order valence-electron chi connectivity index (χ1n) is 11.1. The fourth-order valence-corrected chi connectivity index (χ4v) is 4.29. The smallest absolute Gasteiger partial charge is 0.260 e. The van der Waals surface area contributed by atoms with Crippen molar-refractivity contribution in [1.82, 2.24) is 9.99 Å². The lowest BCUT2D eigenvalue weighted by Gasteiger charge is -2.14. The van der Waals surface area contributed by atoms with Gasteiger partial charge in [-0.25, -0.2) is 5.43 Å². The number of aromatic nitrogens is 1. The molecule has 0 aliphatic carbocycles. The van der Waals surface area contributed by atoms with Gasteiger partial charge in [0.15, 0.2) is 5.43 Å². The molecule has 0 saturated heterocycles. The SMILES string of the molecule is CCOc1ccc2ccccc2c1/C=N\NC(=O)Cn1c2ccccc2c(=O)c2ccccc21. The Bertz CT molecular complexity index is 1560. The summed E-state index contributed by atoms with van der Waals surface area (Å²) in [6, 6.07) is 26.5. The van der Waals surface area contributed by atoms with E-state index < -0.39 is 0 Å². The zero-order valence-electron chi connectivity index (χ0n) is 18.7. The van der Waals surface area contributed by atoms with Crippen molar-refractivity contribution in [2.45, 2.75) is 13.5 Å². The third kappa shape index (κ3) is 3.90. The van der Waals surface area contributed by atoms with Gasteiger partial charge in [0.1, 0.15) is 12.3 Å². The van der Waals surface area contributed by atoms with Gasteiger partial charge in [0.2, 0.25) is 0 Å². The highest BCUT2D eigenvalue weighted by molar-refractivity contribution is 6.02. The number of rotatable bonds is 6. The number of carbonyl (C=O) groups excluding carboxylic acids is 1. The normalized spacial score (nSPS) is 11.4. The van der Waals surface area contributed by atoms with E-state index in [1.807, 2.05) is 84.3 Å². The Balaban J connectivity index is 1.47. The summed E-state index contributed by atoms with van der Waals surface area (Å²) in [6.45, 7) is 2.47. The highest BCUT2D eigenvalue weighted by Gasteiger charge is 2.13. The molecule has 5 rings (SSSR count). The average molecular weight is 450 g/mol. The van der Waals surface area contributed by atoms with Crippen LogP contribution in [0.2, 0.25) is 0 Å². The Morgan fingerprint density at radius 3 is 2.18 bits per heavy atom. The van der Waals surface area contributed by atoms with Crippen LogP contribution in [0.15, 0.2) is 94.8 Å². The number of carbonyl (C=O) groups is 1. The first-order chi connectivity index (χ1) is 16.7. The van der Waals surface area contributed by atoms with Crippen LogP contribution >= 0.6 is 0 Å². The second-order valence-corrected chi connectivity index (χ2v) is 7.87. The highest BCUT2D eigenvalue weighted by atomic mass is 16.5. The van der Waals surface area contributed by atoms with Crippen LogP contribution in [0.4, 0.5) is 0 Å². The van der Waals surface area contributed by atoms with Crippen LogP contribution in [0.5, 0.6) is 5.75 Å². The van der Waals surface area contributed by atoms with Gasteiger partial charge in [-0.2, -0.15) is 5.10 Å². The van der Waals surface area contributed by atoms with E-state index in [0.29, 0.717) is 34.2 Å². The third-order valence-corrected chi connectivity index (χ3v) is 5.79. The van der Waals surface area contributed by atoms with E-state index in [1.54, 1.807) is 18.3 Å². The van der Waals surface area contributed by atoms with Crippen LogP contribution in [0.1, 0.15) is 12.5 Å². The number of hydrazone groups is 1. The highest BCUT2D eigenvalue weighted by Crippen LogP contribution is 2.26. The average Bonchev–Trinajstić information content (AvgIpc) is 2.88. The molecule has 0 bridgehead atoms. The van der Waals surface area contributed by atoms with Crippen molar-refractivity contribution in [2.24, 2.45) is 5.10 Å². The van der Waals surface area contributed by atoms with Crippen molar-refractivity contribution < 1.29 is 9.53 Å². The Labute approximate surface area is 196 Å². The van der Waals surface area contributed by atoms with Gasteiger partial charge in [-0.3, -0.25) is 9.59 Å². The van der Waals surface area contributed by atoms with Crippen LogP contribution in [-0.2, 0) is 11.3 Å². The number of benzene rings is 4. The van der Waals surface area contributed by atoms with Crippen molar-refractivity contribution in [3.05, 3.63) is 101 Å². The number of fused-ring (bicyclic) bond motifs is 3. The summed E-state index contributed by atoms with van der Waals surface area (Å²) in [5.74, 6) is 0.407. The summed E-state index contributed by atoms with van der Waals surface area (Å²) in [6.07, 6.45) is 1.62. The molecule has 6 heteroatoms. The quantitative estimate of drug-likeness (QED) is 0.229. The number of amides is 1. The molecule has 0 atom stereocenters. The standard InChI is InChI=1S/C28H23N3O3/c1-2-34-26-16-15-19-9-3-4-10-20(19)23(26)17-29-30-27(32)18-31-24-13-7-5-11-21(24)28(33)22-12-6-8-14-25(22)31/h3-17H,2,18H2,1H3,(H,30,32)/b29-17-. The van der Waals surface area contributed by atoms with Crippen LogP contribution in [0.25, 0.3) is 32.6 Å². The Morgan fingerprint density at radius 1 is 0.882 bits per heavy atom. The molecule has 0 unspecified atom stereocenters. The van der Waals surface area contributed by atoms with Crippen LogP contribution < -0.4 is 15.6 Å². The number of nitrogens with one attached hydrogen (secondary N) is 1. The maximum Gasteiger partial charge on any atom is 0.260 e. The van der Waals surface area contributed by atoms with Crippen molar-refractivity contribution in [1.29, 1.82) is 0 Å². The minimum Gasteiger partial charge on any atom is -0.493 e. The van der Waals surface area contributed by atoms with E-state index in [1.165, 1.54) is 0 Å². The molecular weight excluding hydrogens is 426 g/mol. The van der Waals surface area contributed by atoms with Gasteiger partial charge in [0.25, 0.3) is 5.91 Å². The van der Waals surface area contributed by atoms with E-state index >= 15 is 0 Å². The van der Waals surface area contributed by atoms with Gasteiger partial charge < -0.3 is 9.30 Å². The molecule has 6 nitrogen and oxygen atoms in total. The Kier molecular flexibility index (Phi) is 5.79. The molecule has 0 aliphatic rings. The molecule has 168 valence electrons. The predicted octanol–water partition coefficient (Wildman–Crippen LogP) is 4.86. The van der Waals surface area contributed by atoms with Gasteiger partial charge in [-0.05, 0) is 48.0 Å². The summed E-state index contributed by atoms with van der Waals surface area (Å²) in [5.41, 5.74) is 4.81. The summed E-state index contributed by atoms with van der Waals surface area (Å²) in [5, 5.41) is 7.44. The molecule has 34 heavy (non-hydrogen) atoms. The van der Waals surface area contributed by atoms with E-state index in [2.05, 4.69) is 10.5 Å². The van der Waals surface area contributed by atoms with Gasteiger partial charge >= 0.3 is 0 Å². The Hall–Kier alpha value is -4.45. The van der Waals surface area contributed by atoms with E-state index in [-0.39, 0.29) is 17.9 Å². The van der Waals surface area contributed by atoms with Crippen molar-refractivity contribution in [3.63, 3.8) is 0 Å². The summed E-state index contributed by atoms with van der Waals surface area (Å²) < 4.78 is 7.62. The molecule has 1 amide bonds. The number of hydrogen-bond donors (Lipinski definition) is 1. The van der Waals surface area contributed by atoms with Crippen molar-refractivity contribution >= 4 is 44.7 Å². The lowest BCUT2D eigenvalue weighted by molar-refractivity contribution is -0.121. The molecular formula is C28H23N3O3. The predicted molar refractivity (Wildman–Crippen MR) is 137 cm³/mol. The molecule has 1 aromatic heterocycles. The summed E-state index contributed by atoms with van der Waals surface area (Å²) >= 11 is 0. The third-order valence-electron chi connectivity index (χ3n) is 5.79. The lowest BCUT2D eigenvalue weighted by Crippen LogP contribution is -2.25. The number of pyridine rings is 1. The molecule has 0 radical (unpaired) electrons. The summed E-state index contributed by atoms with van der Waals surface area (Å²) in [4.78, 5) is 25.8. The van der Waals surface area contributed by atoms with Crippen LogP contribution in [-0.4, -0.2) is 23.3 Å². The fraction of sp³-hybridized carbons (Fsp3) is 0.107. The van der Waals surface area contributed by atoms with Crippen LogP contribution in [0.3, 0.4) is 0 Å². The minimum atomic E-state index is -0.298. The molecule has 0 aliphatic heterocycles.